The predicted molar refractivity (Wildman–Crippen MR) is 78.1 cm³/mol. The van der Waals surface area contributed by atoms with Crippen LogP contribution in [0.2, 0.25) is 5.02 Å². The first-order valence-corrected chi connectivity index (χ1v) is 7.06. The van der Waals surface area contributed by atoms with Gasteiger partial charge in [0.15, 0.2) is 11.5 Å². The van der Waals surface area contributed by atoms with Crippen LogP contribution in [0.3, 0.4) is 0 Å². The molecule has 2 N–H and O–H groups in total. The summed E-state index contributed by atoms with van der Waals surface area (Å²) in [4.78, 5) is 0. The average molecular weight is 284 g/mol. The molecule has 1 aliphatic carbocycles. The van der Waals surface area contributed by atoms with Crippen molar-refractivity contribution < 1.29 is 9.47 Å². The molecule has 0 radical (unpaired) electrons. The molecule has 0 amide bonds. The summed E-state index contributed by atoms with van der Waals surface area (Å²) in [6.07, 6.45) is 4.79. The molecule has 0 aliphatic heterocycles. The molecule has 2 rings (SSSR count). The van der Waals surface area contributed by atoms with Gasteiger partial charge in [0.25, 0.3) is 0 Å². The number of ether oxygens (including phenoxy) is 2. The number of methoxy groups -OCH3 is 2. The van der Waals surface area contributed by atoms with Crippen molar-refractivity contribution in [2.24, 2.45) is 11.1 Å². The third-order valence-corrected chi connectivity index (χ3v) is 4.66. The van der Waals surface area contributed by atoms with Gasteiger partial charge in [-0.2, -0.15) is 0 Å². The first kappa shape index (κ1) is 14.5. The zero-order valence-corrected chi connectivity index (χ0v) is 12.6. The van der Waals surface area contributed by atoms with Gasteiger partial charge in [-0.1, -0.05) is 31.4 Å². The molecule has 1 aromatic carbocycles. The Morgan fingerprint density at radius 2 is 1.68 bits per heavy atom. The summed E-state index contributed by atoms with van der Waals surface area (Å²) < 4.78 is 10.6. The Labute approximate surface area is 120 Å². The molecule has 3 nitrogen and oxygen atoms in total. The molecule has 19 heavy (non-hydrogen) atoms. The van der Waals surface area contributed by atoms with Crippen molar-refractivity contribution in [3.05, 3.63) is 22.7 Å². The maximum absolute atomic E-state index is 6.47. The van der Waals surface area contributed by atoms with Gasteiger partial charge >= 0.3 is 0 Å². The lowest BCUT2D eigenvalue weighted by molar-refractivity contribution is 0.264. The van der Waals surface area contributed by atoms with Gasteiger partial charge in [-0.25, -0.2) is 0 Å². The van der Waals surface area contributed by atoms with Crippen LogP contribution in [0.5, 0.6) is 11.5 Å². The van der Waals surface area contributed by atoms with Gasteiger partial charge in [-0.15, -0.1) is 0 Å². The van der Waals surface area contributed by atoms with Crippen molar-refractivity contribution in [3.8, 4) is 11.5 Å². The van der Waals surface area contributed by atoms with Crippen LogP contribution in [-0.4, -0.2) is 14.2 Å². The van der Waals surface area contributed by atoms with E-state index in [1.165, 1.54) is 12.8 Å². The van der Waals surface area contributed by atoms with Crippen LogP contribution in [0.15, 0.2) is 12.1 Å². The van der Waals surface area contributed by atoms with Crippen molar-refractivity contribution in [1.29, 1.82) is 0 Å². The second kappa shape index (κ2) is 5.59. The second-order valence-electron chi connectivity index (χ2n) is 5.57. The fraction of sp³-hybridized carbons (Fsp3) is 0.600. The molecule has 0 saturated heterocycles. The van der Waals surface area contributed by atoms with E-state index in [1.807, 2.05) is 6.07 Å². The quantitative estimate of drug-likeness (QED) is 0.910. The molecule has 106 valence electrons. The van der Waals surface area contributed by atoms with Gasteiger partial charge in [-0.3, -0.25) is 0 Å². The molecule has 1 fully saturated rings. The molecule has 0 heterocycles. The molecule has 0 bridgehead atoms. The molecule has 1 atom stereocenters. The Hall–Kier alpha value is -0.930. The largest absolute Gasteiger partial charge is 0.493 e. The van der Waals surface area contributed by atoms with Crippen LogP contribution in [0.25, 0.3) is 0 Å². The third kappa shape index (κ3) is 2.67. The number of rotatable bonds is 4. The number of hydrogen-bond acceptors (Lipinski definition) is 3. The summed E-state index contributed by atoms with van der Waals surface area (Å²) in [6, 6.07) is 3.63. The first-order chi connectivity index (χ1) is 9.01. The van der Waals surface area contributed by atoms with Crippen molar-refractivity contribution >= 4 is 11.6 Å². The smallest absolute Gasteiger partial charge is 0.162 e. The fourth-order valence-corrected chi connectivity index (χ4v) is 3.25. The highest BCUT2D eigenvalue weighted by atomic mass is 35.5. The summed E-state index contributed by atoms with van der Waals surface area (Å²) in [5.41, 5.74) is 7.55. The van der Waals surface area contributed by atoms with Gasteiger partial charge in [-0.05, 0) is 29.9 Å². The van der Waals surface area contributed by atoms with Crippen molar-refractivity contribution in [2.45, 2.75) is 38.6 Å². The van der Waals surface area contributed by atoms with E-state index in [2.05, 4.69) is 6.92 Å². The molecule has 0 spiro atoms. The van der Waals surface area contributed by atoms with Crippen LogP contribution in [0.4, 0.5) is 0 Å². The molecule has 4 heteroatoms. The zero-order valence-electron chi connectivity index (χ0n) is 11.8. The van der Waals surface area contributed by atoms with Crippen LogP contribution in [-0.2, 0) is 0 Å². The second-order valence-corrected chi connectivity index (χ2v) is 5.97. The maximum Gasteiger partial charge on any atom is 0.162 e. The monoisotopic (exact) mass is 283 g/mol. The standard InChI is InChI=1S/C15H22ClNO2/c1-15(6-4-5-7-15)14(17)10-8-12(18-2)13(19-3)9-11(10)16/h8-9,14H,4-7,17H2,1-3H3. The first-order valence-electron chi connectivity index (χ1n) is 6.69. The Balaban J connectivity index is 2.38. The van der Waals surface area contributed by atoms with E-state index in [9.17, 15) is 0 Å². The fourth-order valence-electron chi connectivity index (χ4n) is 2.98. The van der Waals surface area contributed by atoms with Gasteiger partial charge in [0, 0.05) is 17.1 Å². The lowest BCUT2D eigenvalue weighted by atomic mass is 9.78. The van der Waals surface area contributed by atoms with Gasteiger partial charge in [0.1, 0.15) is 0 Å². The number of benzene rings is 1. The van der Waals surface area contributed by atoms with E-state index < -0.39 is 0 Å². The normalized spacial score (nSPS) is 19.2. The summed E-state index contributed by atoms with van der Waals surface area (Å²) in [5.74, 6) is 1.32. The minimum atomic E-state index is -0.0673. The molecule has 0 aromatic heterocycles. The predicted octanol–water partition coefficient (Wildman–Crippen LogP) is 3.94. The SMILES string of the molecule is COc1cc(Cl)c(C(N)C2(C)CCCC2)cc1OC. The Bertz CT molecular complexity index is 456. The molecule has 1 aromatic rings. The van der Waals surface area contributed by atoms with E-state index in [0.29, 0.717) is 16.5 Å². The number of hydrogen-bond donors (Lipinski definition) is 1. The highest BCUT2D eigenvalue weighted by Crippen LogP contribution is 2.48. The van der Waals surface area contributed by atoms with E-state index in [4.69, 9.17) is 26.8 Å². The number of nitrogens with two attached hydrogens (primary N) is 1. The minimum absolute atomic E-state index is 0.0673. The van der Waals surface area contributed by atoms with Crippen LogP contribution in [0.1, 0.15) is 44.2 Å². The third-order valence-electron chi connectivity index (χ3n) is 4.33. The average Bonchev–Trinajstić information content (AvgIpc) is 2.85. The molecular weight excluding hydrogens is 262 g/mol. The lowest BCUT2D eigenvalue weighted by Crippen LogP contribution is -2.29. The van der Waals surface area contributed by atoms with Crippen LogP contribution in [0, 0.1) is 5.41 Å². The topological polar surface area (TPSA) is 44.5 Å². The van der Waals surface area contributed by atoms with Gasteiger partial charge in [0.05, 0.1) is 14.2 Å². The highest BCUT2D eigenvalue weighted by molar-refractivity contribution is 6.31. The Morgan fingerprint density at radius 3 is 2.21 bits per heavy atom. The molecular formula is C15H22ClNO2. The Kier molecular flexibility index (Phi) is 4.26. The van der Waals surface area contributed by atoms with E-state index in [1.54, 1.807) is 20.3 Å². The van der Waals surface area contributed by atoms with Gasteiger partial charge in [0.2, 0.25) is 0 Å². The maximum atomic E-state index is 6.47. The number of halogens is 1. The van der Waals surface area contributed by atoms with Crippen molar-refractivity contribution in [2.75, 3.05) is 14.2 Å². The van der Waals surface area contributed by atoms with E-state index >= 15 is 0 Å². The van der Waals surface area contributed by atoms with Crippen molar-refractivity contribution in [3.63, 3.8) is 0 Å². The summed E-state index contributed by atoms with van der Waals surface area (Å²) in [7, 11) is 3.23. The highest BCUT2D eigenvalue weighted by Gasteiger charge is 2.36. The Morgan fingerprint density at radius 1 is 1.16 bits per heavy atom. The van der Waals surface area contributed by atoms with Crippen LogP contribution >= 0.6 is 11.6 Å². The minimum Gasteiger partial charge on any atom is -0.493 e. The van der Waals surface area contributed by atoms with E-state index in [-0.39, 0.29) is 11.5 Å². The summed E-state index contributed by atoms with van der Waals surface area (Å²) in [6.45, 7) is 2.25. The summed E-state index contributed by atoms with van der Waals surface area (Å²) >= 11 is 6.36. The van der Waals surface area contributed by atoms with Gasteiger partial charge < -0.3 is 15.2 Å². The van der Waals surface area contributed by atoms with Crippen LogP contribution < -0.4 is 15.2 Å². The molecule has 1 saturated carbocycles. The van der Waals surface area contributed by atoms with E-state index in [0.717, 1.165) is 18.4 Å². The lowest BCUT2D eigenvalue weighted by Gasteiger charge is -2.32. The molecule has 1 aliphatic rings. The molecule has 1 unspecified atom stereocenters. The zero-order chi connectivity index (χ0) is 14.0. The van der Waals surface area contributed by atoms with Crippen molar-refractivity contribution in [1.82, 2.24) is 0 Å². The summed E-state index contributed by atoms with van der Waals surface area (Å²) in [5, 5.41) is 0.651.